The molecule has 1 rings (SSSR count). The third-order valence-corrected chi connectivity index (χ3v) is 2.07. The van der Waals surface area contributed by atoms with Crippen molar-refractivity contribution in [3.63, 3.8) is 0 Å². The molecule has 1 heterocycles. The molecule has 0 bridgehead atoms. The zero-order chi connectivity index (χ0) is 10.8. The van der Waals surface area contributed by atoms with E-state index in [-0.39, 0.29) is 11.4 Å². The van der Waals surface area contributed by atoms with Crippen LogP contribution in [-0.2, 0) is 5.54 Å². The van der Waals surface area contributed by atoms with Gasteiger partial charge in [0.15, 0.2) is 0 Å². The largest absolute Gasteiger partial charge is 0.352 e. The van der Waals surface area contributed by atoms with Crippen molar-refractivity contribution in [1.82, 2.24) is 9.88 Å². The van der Waals surface area contributed by atoms with Gasteiger partial charge in [-0.15, -0.1) is 0 Å². The van der Waals surface area contributed by atoms with Crippen molar-refractivity contribution in [3.05, 3.63) is 24.0 Å². The normalized spacial score (nSPS) is 11.4. The summed E-state index contributed by atoms with van der Waals surface area (Å²) in [5.74, 6) is -0.00417. The number of nitrogens with zero attached hydrogens (tertiary/aromatic N) is 1. The van der Waals surface area contributed by atoms with Crippen molar-refractivity contribution in [3.8, 4) is 0 Å². The Kier molecular flexibility index (Phi) is 2.99. The first-order chi connectivity index (χ1) is 6.45. The fourth-order valence-electron chi connectivity index (χ4n) is 1.21. The number of hydrogen-bond donors (Lipinski definition) is 1. The van der Waals surface area contributed by atoms with Gasteiger partial charge in [-0.2, -0.15) is 0 Å². The lowest BCUT2D eigenvalue weighted by Gasteiger charge is -2.20. The van der Waals surface area contributed by atoms with Crippen LogP contribution < -0.4 is 5.32 Å². The molecule has 0 aromatic carbocycles. The molecule has 1 aromatic heterocycles. The highest BCUT2D eigenvalue weighted by molar-refractivity contribution is 5.93. The minimum absolute atomic E-state index is 0.00417. The van der Waals surface area contributed by atoms with E-state index in [1.165, 1.54) is 0 Å². The third-order valence-electron chi connectivity index (χ3n) is 2.07. The molecule has 1 amide bonds. The summed E-state index contributed by atoms with van der Waals surface area (Å²) in [5, 5.41) is 2.77. The topological polar surface area (TPSA) is 34.0 Å². The first-order valence-corrected chi connectivity index (χ1v) is 4.92. The summed E-state index contributed by atoms with van der Waals surface area (Å²) < 4.78 is 2.04. The van der Waals surface area contributed by atoms with Gasteiger partial charge >= 0.3 is 0 Å². The van der Waals surface area contributed by atoms with E-state index in [1.807, 2.05) is 30.0 Å². The van der Waals surface area contributed by atoms with Gasteiger partial charge in [-0.3, -0.25) is 4.79 Å². The lowest BCUT2D eigenvalue weighted by Crippen LogP contribution is -2.23. The summed E-state index contributed by atoms with van der Waals surface area (Å²) in [6.45, 7) is 8.90. The minimum atomic E-state index is -0.00417. The second-order valence-corrected chi connectivity index (χ2v) is 4.34. The number of aromatic nitrogens is 1. The average molecular weight is 194 g/mol. The highest BCUT2D eigenvalue weighted by Gasteiger charge is 2.14. The van der Waals surface area contributed by atoms with Crippen molar-refractivity contribution in [2.75, 3.05) is 6.54 Å². The molecule has 14 heavy (non-hydrogen) atoms. The number of carbonyl (C=O) groups excluding carboxylic acids is 1. The van der Waals surface area contributed by atoms with Crippen LogP contribution in [0.3, 0.4) is 0 Å². The maximum Gasteiger partial charge on any atom is 0.252 e. The van der Waals surface area contributed by atoms with Crippen LogP contribution in [0.4, 0.5) is 0 Å². The molecule has 0 saturated heterocycles. The third kappa shape index (κ3) is 2.37. The molecule has 0 spiro atoms. The summed E-state index contributed by atoms with van der Waals surface area (Å²) in [4.78, 5) is 11.5. The molecule has 0 unspecified atom stereocenters. The van der Waals surface area contributed by atoms with Gasteiger partial charge in [-0.05, 0) is 33.8 Å². The molecule has 3 heteroatoms. The highest BCUT2D eigenvalue weighted by Crippen LogP contribution is 2.15. The van der Waals surface area contributed by atoms with Crippen LogP contribution in [0.2, 0.25) is 0 Å². The van der Waals surface area contributed by atoms with E-state index in [0.717, 1.165) is 5.56 Å². The lowest BCUT2D eigenvalue weighted by molar-refractivity contribution is 0.0955. The number of nitrogens with one attached hydrogen (secondary N) is 1. The number of hydrogen-bond acceptors (Lipinski definition) is 1. The van der Waals surface area contributed by atoms with Crippen molar-refractivity contribution >= 4 is 5.91 Å². The minimum Gasteiger partial charge on any atom is -0.352 e. The standard InChI is InChI=1S/C11H18N2O/c1-5-12-10(14)9-6-7-13(8-9)11(2,3)4/h6-8H,5H2,1-4H3,(H,12,14). The van der Waals surface area contributed by atoms with Crippen LogP contribution in [0.15, 0.2) is 18.5 Å². The zero-order valence-electron chi connectivity index (χ0n) is 9.29. The predicted octanol–water partition coefficient (Wildman–Crippen LogP) is 1.99. The summed E-state index contributed by atoms with van der Waals surface area (Å²) in [6.07, 6.45) is 3.82. The zero-order valence-corrected chi connectivity index (χ0v) is 9.29. The molecule has 0 radical (unpaired) electrons. The Hall–Kier alpha value is -1.25. The Bertz CT molecular complexity index is 320. The van der Waals surface area contributed by atoms with Crippen molar-refractivity contribution < 1.29 is 4.79 Å². The summed E-state index contributed by atoms with van der Waals surface area (Å²) >= 11 is 0. The summed E-state index contributed by atoms with van der Waals surface area (Å²) in [7, 11) is 0. The Morgan fingerprint density at radius 2 is 2.14 bits per heavy atom. The Morgan fingerprint density at radius 1 is 1.50 bits per heavy atom. The Balaban J connectivity index is 2.83. The first-order valence-electron chi connectivity index (χ1n) is 4.92. The van der Waals surface area contributed by atoms with Gasteiger partial charge in [0.1, 0.15) is 0 Å². The monoisotopic (exact) mass is 194 g/mol. The van der Waals surface area contributed by atoms with Gasteiger partial charge < -0.3 is 9.88 Å². The second-order valence-electron chi connectivity index (χ2n) is 4.34. The maximum atomic E-state index is 11.5. The molecule has 3 nitrogen and oxygen atoms in total. The van der Waals surface area contributed by atoms with Gasteiger partial charge in [0, 0.05) is 24.5 Å². The first kappa shape index (κ1) is 10.8. The molecular weight excluding hydrogens is 176 g/mol. The average Bonchev–Trinajstić information content (AvgIpc) is 2.51. The van der Waals surface area contributed by atoms with Crippen molar-refractivity contribution in [2.45, 2.75) is 33.2 Å². The summed E-state index contributed by atoms with van der Waals surface area (Å²) in [6, 6.07) is 1.84. The Labute approximate surface area is 85.1 Å². The maximum absolute atomic E-state index is 11.5. The molecule has 1 N–H and O–H groups in total. The molecule has 1 aromatic rings. The SMILES string of the molecule is CCNC(=O)c1ccn(C(C)(C)C)c1. The van der Waals surface area contributed by atoms with Crippen LogP contribution in [0, 0.1) is 0 Å². The van der Waals surface area contributed by atoms with Gasteiger partial charge in [-0.1, -0.05) is 0 Å². The quantitative estimate of drug-likeness (QED) is 0.767. The van der Waals surface area contributed by atoms with Crippen LogP contribution in [-0.4, -0.2) is 17.0 Å². The molecular formula is C11H18N2O. The molecule has 0 saturated carbocycles. The van der Waals surface area contributed by atoms with Crippen molar-refractivity contribution in [2.24, 2.45) is 0 Å². The highest BCUT2D eigenvalue weighted by atomic mass is 16.1. The van der Waals surface area contributed by atoms with Crippen LogP contribution in [0.1, 0.15) is 38.1 Å². The molecule has 0 fully saturated rings. The van der Waals surface area contributed by atoms with Gasteiger partial charge in [-0.25, -0.2) is 0 Å². The predicted molar refractivity (Wildman–Crippen MR) is 57.4 cm³/mol. The molecule has 0 aliphatic heterocycles. The van der Waals surface area contributed by atoms with E-state index in [9.17, 15) is 4.79 Å². The Morgan fingerprint density at radius 3 is 2.57 bits per heavy atom. The molecule has 0 aliphatic rings. The van der Waals surface area contributed by atoms with E-state index in [4.69, 9.17) is 0 Å². The van der Waals surface area contributed by atoms with E-state index < -0.39 is 0 Å². The van der Waals surface area contributed by atoms with E-state index in [0.29, 0.717) is 6.54 Å². The van der Waals surface area contributed by atoms with E-state index >= 15 is 0 Å². The molecule has 0 atom stereocenters. The van der Waals surface area contributed by atoms with Gasteiger partial charge in [0.25, 0.3) is 5.91 Å². The van der Waals surface area contributed by atoms with Crippen LogP contribution >= 0.6 is 0 Å². The number of rotatable bonds is 2. The smallest absolute Gasteiger partial charge is 0.252 e. The molecule has 78 valence electrons. The van der Waals surface area contributed by atoms with Crippen LogP contribution in [0.5, 0.6) is 0 Å². The van der Waals surface area contributed by atoms with Gasteiger partial charge in [0.05, 0.1) is 5.56 Å². The lowest BCUT2D eigenvalue weighted by atomic mass is 10.1. The second kappa shape index (κ2) is 3.86. The van der Waals surface area contributed by atoms with E-state index in [1.54, 1.807) is 0 Å². The fraction of sp³-hybridized carbons (Fsp3) is 0.545. The number of carbonyl (C=O) groups is 1. The fourth-order valence-corrected chi connectivity index (χ4v) is 1.21. The van der Waals surface area contributed by atoms with Crippen molar-refractivity contribution in [1.29, 1.82) is 0 Å². The summed E-state index contributed by atoms with van der Waals surface area (Å²) in [5.41, 5.74) is 0.756. The van der Waals surface area contributed by atoms with Crippen LogP contribution in [0.25, 0.3) is 0 Å². The van der Waals surface area contributed by atoms with E-state index in [2.05, 4.69) is 26.1 Å². The number of amides is 1. The van der Waals surface area contributed by atoms with Gasteiger partial charge in [0.2, 0.25) is 0 Å². The molecule has 0 aliphatic carbocycles.